The minimum absolute atomic E-state index is 0.121. The topological polar surface area (TPSA) is 77.0 Å². The largest absolute Gasteiger partial charge is 0.490 e. The lowest BCUT2D eigenvalue weighted by molar-refractivity contribution is 0.305. The molecule has 0 bridgehead atoms. The molecule has 1 aliphatic carbocycles. The van der Waals surface area contributed by atoms with Crippen molar-refractivity contribution in [3.8, 4) is 22.6 Å². The summed E-state index contributed by atoms with van der Waals surface area (Å²) in [5.41, 5.74) is 1.40. The Morgan fingerprint density at radius 1 is 0.939 bits per heavy atom. The van der Waals surface area contributed by atoms with E-state index in [1.54, 1.807) is 24.4 Å². The average molecular weight is 456 g/mol. The van der Waals surface area contributed by atoms with Crippen LogP contribution in [0.2, 0.25) is 5.02 Å². The molecule has 5 aromatic rings. The number of benzene rings is 3. The maximum absolute atomic E-state index is 13.6. The molecule has 162 valence electrons. The van der Waals surface area contributed by atoms with Crippen molar-refractivity contribution in [2.75, 3.05) is 0 Å². The monoisotopic (exact) mass is 455 g/mol. The molecule has 33 heavy (non-hydrogen) atoms. The molecule has 0 amide bonds. The highest BCUT2D eigenvalue weighted by Crippen LogP contribution is 2.39. The van der Waals surface area contributed by atoms with Crippen LogP contribution in [0.5, 0.6) is 5.75 Å². The zero-order valence-electron chi connectivity index (χ0n) is 17.4. The lowest BCUT2D eigenvalue weighted by atomic mass is 10.0. The van der Waals surface area contributed by atoms with Crippen molar-refractivity contribution < 1.29 is 4.74 Å². The molecule has 1 aliphatic rings. The van der Waals surface area contributed by atoms with Gasteiger partial charge in [-0.05, 0) is 31.0 Å². The van der Waals surface area contributed by atoms with Crippen LogP contribution in [-0.4, -0.2) is 20.6 Å². The van der Waals surface area contributed by atoms with Gasteiger partial charge in [0.15, 0.2) is 0 Å². The molecule has 0 atom stereocenters. The zero-order chi connectivity index (χ0) is 22.5. The van der Waals surface area contributed by atoms with Crippen LogP contribution in [0.1, 0.15) is 12.8 Å². The van der Waals surface area contributed by atoms with E-state index in [1.165, 1.54) is 6.20 Å². The Kier molecular flexibility index (Phi) is 4.55. The summed E-state index contributed by atoms with van der Waals surface area (Å²) in [6.07, 6.45) is 5.30. The number of H-pyrrole nitrogens is 1. The molecule has 1 N–H and O–H groups in total. The summed E-state index contributed by atoms with van der Waals surface area (Å²) in [5, 5.41) is 2.53. The maximum Gasteiger partial charge on any atom is 0.333 e. The SMILES string of the molecule is O=c1[nH]c2cc(-c3ccccc3Cl)c(OC3CC3)cc2c(=O)n1-c1cncc2ccccc12. The summed E-state index contributed by atoms with van der Waals surface area (Å²) in [4.78, 5) is 33.8. The summed E-state index contributed by atoms with van der Waals surface area (Å²) in [7, 11) is 0. The predicted octanol–water partition coefficient (Wildman–Crippen LogP) is 5.09. The first-order chi connectivity index (χ1) is 16.1. The molecule has 0 saturated heterocycles. The fourth-order valence-electron chi connectivity index (χ4n) is 4.09. The van der Waals surface area contributed by atoms with Gasteiger partial charge in [-0.15, -0.1) is 0 Å². The van der Waals surface area contributed by atoms with E-state index in [2.05, 4.69) is 9.97 Å². The molecular formula is C26H18ClN3O3. The van der Waals surface area contributed by atoms with Gasteiger partial charge < -0.3 is 9.72 Å². The molecular weight excluding hydrogens is 438 g/mol. The van der Waals surface area contributed by atoms with Crippen molar-refractivity contribution >= 4 is 33.3 Å². The molecule has 0 aliphatic heterocycles. The molecule has 2 aromatic heterocycles. The fourth-order valence-corrected chi connectivity index (χ4v) is 4.33. The number of ether oxygens (including phenoxy) is 1. The normalized spacial score (nSPS) is 13.5. The van der Waals surface area contributed by atoms with Gasteiger partial charge in [-0.1, -0.05) is 54.1 Å². The van der Waals surface area contributed by atoms with E-state index in [4.69, 9.17) is 16.3 Å². The molecule has 3 aromatic carbocycles. The number of nitrogens with zero attached hydrogens (tertiary/aromatic N) is 2. The van der Waals surface area contributed by atoms with Gasteiger partial charge in [-0.2, -0.15) is 0 Å². The maximum atomic E-state index is 13.6. The molecule has 2 heterocycles. The van der Waals surface area contributed by atoms with E-state index in [0.717, 1.165) is 39.3 Å². The standard InChI is InChI=1S/C26H18ClN3O3/c27-21-8-4-3-7-18(21)19-11-22-20(12-24(19)33-16-9-10-16)25(31)30(26(32)29-22)23-14-28-13-15-5-1-2-6-17(15)23/h1-8,11-14,16H,9-10H2,(H,29,32). The number of nitrogens with one attached hydrogen (secondary N) is 1. The molecule has 1 saturated carbocycles. The van der Waals surface area contributed by atoms with Crippen molar-refractivity contribution in [1.82, 2.24) is 14.5 Å². The number of aromatic amines is 1. The quantitative estimate of drug-likeness (QED) is 0.409. The van der Waals surface area contributed by atoms with Crippen LogP contribution >= 0.6 is 11.6 Å². The van der Waals surface area contributed by atoms with Crippen molar-refractivity contribution in [3.05, 3.63) is 98.9 Å². The Morgan fingerprint density at radius 2 is 1.73 bits per heavy atom. The second-order valence-electron chi connectivity index (χ2n) is 8.14. The Balaban J connectivity index is 1.64. The lowest BCUT2D eigenvalue weighted by Crippen LogP contribution is -2.33. The second-order valence-corrected chi connectivity index (χ2v) is 8.55. The highest BCUT2D eigenvalue weighted by molar-refractivity contribution is 6.33. The van der Waals surface area contributed by atoms with Gasteiger partial charge in [-0.3, -0.25) is 9.78 Å². The molecule has 1 fully saturated rings. The summed E-state index contributed by atoms with van der Waals surface area (Å²) >= 11 is 6.46. The number of pyridine rings is 1. The minimum Gasteiger partial charge on any atom is -0.490 e. The highest BCUT2D eigenvalue weighted by atomic mass is 35.5. The first-order valence-electron chi connectivity index (χ1n) is 10.7. The summed E-state index contributed by atoms with van der Waals surface area (Å²) < 4.78 is 7.30. The van der Waals surface area contributed by atoms with Crippen LogP contribution in [0.25, 0.3) is 38.5 Å². The van der Waals surface area contributed by atoms with Crippen molar-refractivity contribution in [2.45, 2.75) is 18.9 Å². The minimum atomic E-state index is -0.536. The van der Waals surface area contributed by atoms with Crippen molar-refractivity contribution in [2.24, 2.45) is 0 Å². The highest BCUT2D eigenvalue weighted by Gasteiger charge is 2.26. The number of hydrogen-bond donors (Lipinski definition) is 1. The van der Waals surface area contributed by atoms with Crippen LogP contribution in [0.4, 0.5) is 0 Å². The molecule has 6 rings (SSSR count). The third-order valence-corrected chi connectivity index (χ3v) is 6.20. The van der Waals surface area contributed by atoms with Gasteiger partial charge in [0.2, 0.25) is 0 Å². The molecule has 7 heteroatoms. The van der Waals surface area contributed by atoms with Crippen LogP contribution in [0.15, 0.2) is 82.6 Å². The zero-order valence-corrected chi connectivity index (χ0v) is 18.2. The third-order valence-electron chi connectivity index (χ3n) is 5.87. The number of hydrogen-bond acceptors (Lipinski definition) is 4. The van der Waals surface area contributed by atoms with Gasteiger partial charge in [0.05, 0.1) is 28.9 Å². The number of fused-ring (bicyclic) bond motifs is 2. The summed E-state index contributed by atoms with van der Waals surface area (Å²) in [5.74, 6) is 0.574. The molecule has 0 radical (unpaired) electrons. The summed E-state index contributed by atoms with van der Waals surface area (Å²) in [6.45, 7) is 0. The smallest absolute Gasteiger partial charge is 0.333 e. The number of rotatable bonds is 4. The summed E-state index contributed by atoms with van der Waals surface area (Å²) in [6, 6.07) is 18.4. The first-order valence-corrected chi connectivity index (χ1v) is 11.1. The van der Waals surface area contributed by atoms with Crippen LogP contribution in [0.3, 0.4) is 0 Å². The fraction of sp³-hybridized carbons (Fsp3) is 0.115. The van der Waals surface area contributed by atoms with Crippen LogP contribution in [0, 0.1) is 0 Å². The van der Waals surface area contributed by atoms with Gasteiger partial charge in [0.1, 0.15) is 5.75 Å². The first kappa shape index (κ1) is 19.8. The van der Waals surface area contributed by atoms with E-state index >= 15 is 0 Å². The van der Waals surface area contributed by atoms with E-state index in [0.29, 0.717) is 27.4 Å². The Labute approximate surface area is 193 Å². The Hall–Kier alpha value is -3.90. The predicted molar refractivity (Wildman–Crippen MR) is 130 cm³/mol. The Morgan fingerprint density at radius 3 is 2.55 bits per heavy atom. The Bertz CT molecular complexity index is 1660. The van der Waals surface area contributed by atoms with E-state index < -0.39 is 11.2 Å². The van der Waals surface area contributed by atoms with Gasteiger partial charge in [-0.25, -0.2) is 9.36 Å². The van der Waals surface area contributed by atoms with Crippen LogP contribution < -0.4 is 16.0 Å². The van der Waals surface area contributed by atoms with Gasteiger partial charge in [0, 0.05) is 33.1 Å². The van der Waals surface area contributed by atoms with E-state index in [-0.39, 0.29) is 6.10 Å². The van der Waals surface area contributed by atoms with E-state index in [9.17, 15) is 9.59 Å². The third kappa shape index (κ3) is 3.39. The van der Waals surface area contributed by atoms with Gasteiger partial charge in [0.25, 0.3) is 5.56 Å². The van der Waals surface area contributed by atoms with Crippen molar-refractivity contribution in [3.63, 3.8) is 0 Å². The van der Waals surface area contributed by atoms with E-state index in [1.807, 2.05) is 42.5 Å². The average Bonchev–Trinajstić information content (AvgIpc) is 3.64. The lowest BCUT2D eigenvalue weighted by Gasteiger charge is -2.15. The van der Waals surface area contributed by atoms with Gasteiger partial charge >= 0.3 is 5.69 Å². The van der Waals surface area contributed by atoms with Crippen molar-refractivity contribution in [1.29, 1.82) is 0 Å². The molecule has 0 unspecified atom stereocenters. The molecule has 0 spiro atoms. The second kappa shape index (κ2) is 7.60. The molecule has 6 nitrogen and oxygen atoms in total. The van der Waals surface area contributed by atoms with Crippen LogP contribution in [-0.2, 0) is 0 Å². The number of aromatic nitrogens is 3. The number of halogens is 1.